The lowest BCUT2D eigenvalue weighted by Gasteiger charge is -2.37. The first-order chi connectivity index (χ1) is 15.1. The van der Waals surface area contributed by atoms with Crippen LogP contribution in [-0.2, 0) is 9.53 Å². The lowest BCUT2D eigenvalue weighted by Crippen LogP contribution is -2.47. The zero-order chi connectivity index (χ0) is 21.8. The minimum atomic E-state index is -0.489. The van der Waals surface area contributed by atoms with Gasteiger partial charge in [-0.15, -0.1) is 0 Å². The molecule has 2 fully saturated rings. The van der Waals surface area contributed by atoms with E-state index in [1.54, 1.807) is 0 Å². The highest BCUT2D eigenvalue weighted by atomic mass is 16.6. The van der Waals surface area contributed by atoms with Crippen molar-refractivity contribution < 1.29 is 24.2 Å². The van der Waals surface area contributed by atoms with Gasteiger partial charge in [0.05, 0.1) is 19.1 Å². The Morgan fingerprint density at radius 3 is 2.77 bits per heavy atom. The maximum Gasteiger partial charge on any atom is 0.319 e. The van der Waals surface area contributed by atoms with E-state index in [0.717, 1.165) is 43.4 Å². The standard InChI is InChI=1S/C23H33N3O5/c1-2-9-24-21(28)12-16-11-18-17-10-15(26-23(29)25-14-5-3-4-6-14)7-8-19(17)31-22(18)20(13-27)30-16/h7-8,10,14,16,18,20,22,27H,2-6,9,11-13H2,1H3,(H,24,28)(H2,25,26,29)/t16-,18+,20+,22-/m0/s1. The number of aliphatic hydroxyl groups excluding tert-OH is 1. The first-order valence-electron chi connectivity index (χ1n) is 11.5. The van der Waals surface area contributed by atoms with Gasteiger partial charge in [0.15, 0.2) is 0 Å². The quantitative estimate of drug-likeness (QED) is 0.531. The van der Waals surface area contributed by atoms with Crippen LogP contribution in [0, 0.1) is 0 Å². The number of rotatable bonds is 7. The topological polar surface area (TPSA) is 109 Å². The number of anilines is 1. The van der Waals surface area contributed by atoms with Crippen LogP contribution < -0.4 is 20.7 Å². The molecule has 4 rings (SSSR count). The number of hydrogen-bond donors (Lipinski definition) is 4. The molecule has 0 aromatic heterocycles. The molecular formula is C23H33N3O5. The van der Waals surface area contributed by atoms with Gasteiger partial charge in [0.2, 0.25) is 5.91 Å². The second-order valence-electron chi connectivity index (χ2n) is 8.79. The van der Waals surface area contributed by atoms with Gasteiger partial charge in [-0.1, -0.05) is 19.8 Å². The Labute approximate surface area is 183 Å². The predicted octanol–water partition coefficient (Wildman–Crippen LogP) is 2.66. The fourth-order valence-electron chi connectivity index (χ4n) is 4.93. The van der Waals surface area contributed by atoms with E-state index >= 15 is 0 Å². The molecule has 31 heavy (non-hydrogen) atoms. The van der Waals surface area contributed by atoms with E-state index in [0.29, 0.717) is 18.7 Å². The summed E-state index contributed by atoms with van der Waals surface area (Å²) < 4.78 is 12.1. The molecule has 3 aliphatic rings. The number of fused-ring (bicyclic) bond motifs is 3. The molecule has 0 spiro atoms. The number of hydrogen-bond acceptors (Lipinski definition) is 5. The van der Waals surface area contributed by atoms with Gasteiger partial charge in [-0.2, -0.15) is 0 Å². The van der Waals surface area contributed by atoms with E-state index in [9.17, 15) is 14.7 Å². The number of carbonyl (C=O) groups excluding carboxylic acids is 2. The van der Waals surface area contributed by atoms with Crippen LogP contribution in [0.1, 0.15) is 63.4 Å². The molecule has 4 atom stereocenters. The number of carbonyl (C=O) groups is 2. The smallest absolute Gasteiger partial charge is 0.319 e. The third-order valence-electron chi connectivity index (χ3n) is 6.43. The van der Waals surface area contributed by atoms with Gasteiger partial charge in [-0.25, -0.2) is 4.79 Å². The molecule has 0 bridgehead atoms. The first kappa shape index (κ1) is 21.9. The highest BCUT2D eigenvalue weighted by Gasteiger charge is 2.46. The molecule has 1 aliphatic carbocycles. The van der Waals surface area contributed by atoms with Crippen LogP contribution >= 0.6 is 0 Å². The van der Waals surface area contributed by atoms with Crippen molar-refractivity contribution in [1.82, 2.24) is 10.6 Å². The SMILES string of the molecule is CCCNC(=O)C[C@@H]1C[C@@H]2c3cc(NC(=O)NC4CCCC4)ccc3O[C@@H]2[C@@H](CO)O1. The Kier molecular flexibility index (Phi) is 6.97. The van der Waals surface area contributed by atoms with Crippen molar-refractivity contribution >= 4 is 17.6 Å². The maximum atomic E-state index is 12.4. The van der Waals surface area contributed by atoms with Crippen molar-refractivity contribution in [3.8, 4) is 5.75 Å². The molecule has 0 unspecified atom stereocenters. The van der Waals surface area contributed by atoms with E-state index < -0.39 is 6.10 Å². The summed E-state index contributed by atoms with van der Waals surface area (Å²) in [6.07, 6.45) is 5.10. The number of nitrogens with one attached hydrogen (secondary N) is 3. The van der Waals surface area contributed by atoms with Gasteiger partial charge in [-0.05, 0) is 43.9 Å². The van der Waals surface area contributed by atoms with Crippen molar-refractivity contribution in [2.24, 2.45) is 0 Å². The summed E-state index contributed by atoms with van der Waals surface area (Å²) in [4.78, 5) is 24.5. The number of urea groups is 1. The summed E-state index contributed by atoms with van der Waals surface area (Å²) in [6.45, 7) is 2.48. The molecule has 8 heteroatoms. The van der Waals surface area contributed by atoms with Gasteiger partial charge in [0.25, 0.3) is 0 Å². The van der Waals surface area contributed by atoms with Crippen LogP contribution in [0.2, 0.25) is 0 Å². The number of ether oxygens (including phenoxy) is 2. The van der Waals surface area contributed by atoms with E-state index in [-0.39, 0.29) is 49.1 Å². The lowest BCUT2D eigenvalue weighted by molar-refractivity contribution is -0.142. The molecule has 2 aliphatic heterocycles. The van der Waals surface area contributed by atoms with E-state index in [2.05, 4.69) is 16.0 Å². The maximum absolute atomic E-state index is 12.4. The molecule has 1 aromatic carbocycles. The van der Waals surface area contributed by atoms with Crippen LogP contribution in [0.4, 0.5) is 10.5 Å². The third-order valence-corrected chi connectivity index (χ3v) is 6.43. The molecule has 4 N–H and O–H groups in total. The van der Waals surface area contributed by atoms with Crippen LogP contribution in [0.15, 0.2) is 18.2 Å². The van der Waals surface area contributed by atoms with Crippen molar-refractivity contribution in [2.75, 3.05) is 18.5 Å². The molecule has 1 saturated heterocycles. The van der Waals surface area contributed by atoms with Crippen molar-refractivity contribution in [2.45, 2.75) is 82.1 Å². The van der Waals surface area contributed by atoms with Crippen LogP contribution in [0.25, 0.3) is 0 Å². The number of aliphatic hydroxyl groups is 1. The molecule has 0 radical (unpaired) electrons. The molecule has 170 valence electrons. The fourth-order valence-corrected chi connectivity index (χ4v) is 4.93. The van der Waals surface area contributed by atoms with E-state index in [4.69, 9.17) is 9.47 Å². The molecule has 3 amide bonds. The van der Waals surface area contributed by atoms with Gasteiger partial charge in [0, 0.05) is 29.8 Å². The Morgan fingerprint density at radius 2 is 2.03 bits per heavy atom. The van der Waals surface area contributed by atoms with E-state index in [1.165, 1.54) is 0 Å². The fraction of sp³-hybridized carbons (Fsp3) is 0.652. The van der Waals surface area contributed by atoms with Gasteiger partial charge >= 0.3 is 6.03 Å². The minimum Gasteiger partial charge on any atom is -0.487 e. The van der Waals surface area contributed by atoms with Crippen molar-refractivity contribution in [3.63, 3.8) is 0 Å². The third kappa shape index (κ3) is 5.13. The Hall–Kier alpha value is -2.32. The molecule has 1 saturated carbocycles. The Balaban J connectivity index is 1.43. The largest absolute Gasteiger partial charge is 0.487 e. The number of benzene rings is 1. The van der Waals surface area contributed by atoms with Crippen molar-refractivity contribution in [1.29, 1.82) is 0 Å². The highest BCUT2D eigenvalue weighted by molar-refractivity contribution is 5.89. The van der Waals surface area contributed by atoms with Crippen LogP contribution in [0.5, 0.6) is 5.75 Å². The van der Waals surface area contributed by atoms with Crippen molar-refractivity contribution in [3.05, 3.63) is 23.8 Å². The number of amides is 3. The molecular weight excluding hydrogens is 398 g/mol. The summed E-state index contributed by atoms with van der Waals surface area (Å²) in [6, 6.07) is 5.70. The summed E-state index contributed by atoms with van der Waals surface area (Å²) in [5, 5.41) is 18.7. The van der Waals surface area contributed by atoms with Crippen LogP contribution in [-0.4, -0.2) is 54.6 Å². The van der Waals surface area contributed by atoms with Gasteiger partial charge < -0.3 is 30.5 Å². The average molecular weight is 432 g/mol. The summed E-state index contributed by atoms with van der Waals surface area (Å²) in [7, 11) is 0. The summed E-state index contributed by atoms with van der Waals surface area (Å²) in [5.74, 6) is 0.708. The molecule has 1 aromatic rings. The van der Waals surface area contributed by atoms with Crippen LogP contribution in [0.3, 0.4) is 0 Å². The monoisotopic (exact) mass is 431 g/mol. The zero-order valence-corrected chi connectivity index (χ0v) is 18.1. The van der Waals surface area contributed by atoms with E-state index in [1.807, 2.05) is 25.1 Å². The lowest BCUT2D eigenvalue weighted by atomic mass is 9.84. The Bertz CT molecular complexity index is 795. The minimum absolute atomic E-state index is 0.00418. The summed E-state index contributed by atoms with van der Waals surface area (Å²) >= 11 is 0. The van der Waals surface area contributed by atoms with Gasteiger partial charge in [0.1, 0.15) is 18.0 Å². The first-order valence-corrected chi connectivity index (χ1v) is 11.5. The zero-order valence-electron chi connectivity index (χ0n) is 18.1. The normalized spacial score (nSPS) is 27.2. The second-order valence-corrected chi connectivity index (χ2v) is 8.79. The van der Waals surface area contributed by atoms with Gasteiger partial charge in [-0.3, -0.25) is 4.79 Å². The summed E-state index contributed by atoms with van der Waals surface area (Å²) in [5.41, 5.74) is 1.70. The Morgan fingerprint density at radius 1 is 1.23 bits per heavy atom. The highest BCUT2D eigenvalue weighted by Crippen LogP contribution is 2.47. The predicted molar refractivity (Wildman–Crippen MR) is 116 cm³/mol. The molecule has 2 heterocycles. The second kappa shape index (κ2) is 9.87. The molecule has 8 nitrogen and oxygen atoms in total. The average Bonchev–Trinajstić information content (AvgIpc) is 3.39.